The summed E-state index contributed by atoms with van der Waals surface area (Å²) < 4.78 is 0. The average molecular weight is 200 g/mol. The van der Waals surface area contributed by atoms with E-state index in [4.69, 9.17) is 5.73 Å². The van der Waals surface area contributed by atoms with Crippen LogP contribution in [-0.2, 0) is 4.79 Å². The highest BCUT2D eigenvalue weighted by molar-refractivity contribution is 5.76. The Morgan fingerprint density at radius 2 is 2.00 bits per heavy atom. The van der Waals surface area contributed by atoms with Crippen LogP contribution in [0.3, 0.4) is 0 Å². The van der Waals surface area contributed by atoms with Crippen molar-refractivity contribution in [1.29, 1.82) is 0 Å². The zero-order valence-electron chi connectivity index (χ0n) is 9.92. The highest BCUT2D eigenvalue weighted by Crippen LogP contribution is 2.15. The Kier molecular flexibility index (Phi) is 6.54. The first-order valence-corrected chi connectivity index (χ1v) is 5.45. The Labute approximate surface area is 87.6 Å². The molecule has 2 N–H and O–H groups in total. The molecule has 0 aliphatic carbocycles. The van der Waals surface area contributed by atoms with Crippen molar-refractivity contribution in [2.75, 3.05) is 20.1 Å². The van der Waals surface area contributed by atoms with Gasteiger partial charge in [0.1, 0.15) is 0 Å². The minimum Gasteiger partial charge on any atom is -0.346 e. The third-order valence-corrected chi connectivity index (χ3v) is 2.50. The van der Waals surface area contributed by atoms with Crippen LogP contribution >= 0.6 is 0 Å². The minimum atomic E-state index is 0.212. The van der Waals surface area contributed by atoms with E-state index in [2.05, 4.69) is 13.8 Å². The molecule has 0 spiro atoms. The van der Waals surface area contributed by atoms with Crippen LogP contribution in [0, 0.1) is 11.8 Å². The van der Waals surface area contributed by atoms with Gasteiger partial charge in [-0.05, 0) is 31.7 Å². The van der Waals surface area contributed by atoms with Gasteiger partial charge in [-0.25, -0.2) is 0 Å². The standard InChI is InChI=1S/C11H24N2O/c1-5-13(4)11(14)7-10(8-12)6-9(2)3/h9-10H,5-8,12H2,1-4H3/t10-/m0/s1. The molecule has 0 aliphatic heterocycles. The van der Waals surface area contributed by atoms with Gasteiger partial charge >= 0.3 is 0 Å². The van der Waals surface area contributed by atoms with Crippen LogP contribution in [-0.4, -0.2) is 30.9 Å². The first-order valence-electron chi connectivity index (χ1n) is 5.45. The molecule has 0 aromatic rings. The Bertz CT molecular complexity index is 169. The van der Waals surface area contributed by atoms with E-state index >= 15 is 0 Å². The maximum atomic E-state index is 11.6. The van der Waals surface area contributed by atoms with Crippen LogP contribution in [0.5, 0.6) is 0 Å². The van der Waals surface area contributed by atoms with Crippen LogP contribution in [0.4, 0.5) is 0 Å². The van der Waals surface area contributed by atoms with E-state index in [0.29, 0.717) is 24.8 Å². The van der Waals surface area contributed by atoms with Crippen LogP contribution in [0.1, 0.15) is 33.6 Å². The molecular weight excluding hydrogens is 176 g/mol. The third kappa shape index (κ3) is 5.22. The van der Waals surface area contributed by atoms with E-state index in [1.807, 2.05) is 14.0 Å². The van der Waals surface area contributed by atoms with Crippen molar-refractivity contribution in [1.82, 2.24) is 4.90 Å². The Morgan fingerprint density at radius 3 is 2.36 bits per heavy atom. The van der Waals surface area contributed by atoms with Gasteiger partial charge in [-0.15, -0.1) is 0 Å². The number of nitrogens with two attached hydrogens (primary N) is 1. The number of carbonyl (C=O) groups is 1. The molecule has 0 saturated carbocycles. The molecule has 0 rings (SSSR count). The third-order valence-electron chi connectivity index (χ3n) is 2.50. The molecule has 0 aromatic carbocycles. The summed E-state index contributed by atoms with van der Waals surface area (Å²) in [6.07, 6.45) is 1.64. The van der Waals surface area contributed by atoms with Gasteiger partial charge in [0.15, 0.2) is 0 Å². The van der Waals surface area contributed by atoms with Crippen molar-refractivity contribution >= 4 is 5.91 Å². The predicted octanol–water partition coefficient (Wildman–Crippen LogP) is 1.48. The van der Waals surface area contributed by atoms with Crippen molar-refractivity contribution in [3.05, 3.63) is 0 Å². The zero-order chi connectivity index (χ0) is 11.1. The van der Waals surface area contributed by atoms with E-state index in [1.165, 1.54) is 0 Å². The minimum absolute atomic E-state index is 0.212. The number of hydrogen-bond donors (Lipinski definition) is 1. The number of carbonyl (C=O) groups excluding carboxylic acids is 1. The van der Waals surface area contributed by atoms with Crippen molar-refractivity contribution < 1.29 is 4.79 Å². The SMILES string of the molecule is CCN(C)C(=O)C[C@@H](CN)CC(C)C. The smallest absolute Gasteiger partial charge is 0.222 e. The number of amides is 1. The molecule has 0 saturated heterocycles. The van der Waals surface area contributed by atoms with Crippen LogP contribution in [0.15, 0.2) is 0 Å². The van der Waals surface area contributed by atoms with E-state index < -0.39 is 0 Å². The largest absolute Gasteiger partial charge is 0.346 e. The quantitative estimate of drug-likeness (QED) is 0.706. The fraction of sp³-hybridized carbons (Fsp3) is 0.909. The van der Waals surface area contributed by atoms with Gasteiger partial charge in [0.25, 0.3) is 0 Å². The molecule has 0 aromatic heterocycles. The lowest BCUT2D eigenvalue weighted by Gasteiger charge is -2.20. The fourth-order valence-corrected chi connectivity index (χ4v) is 1.51. The highest BCUT2D eigenvalue weighted by atomic mass is 16.2. The first kappa shape index (κ1) is 13.4. The second-order valence-electron chi connectivity index (χ2n) is 4.34. The lowest BCUT2D eigenvalue weighted by Crippen LogP contribution is -2.30. The summed E-state index contributed by atoms with van der Waals surface area (Å²) in [5.74, 6) is 1.17. The normalized spacial score (nSPS) is 13.0. The molecule has 0 aliphatic rings. The summed E-state index contributed by atoms with van der Waals surface area (Å²) in [7, 11) is 1.84. The number of hydrogen-bond acceptors (Lipinski definition) is 2. The second-order valence-corrected chi connectivity index (χ2v) is 4.34. The molecule has 0 radical (unpaired) electrons. The molecule has 0 unspecified atom stereocenters. The van der Waals surface area contributed by atoms with Crippen molar-refractivity contribution in [2.24, 2.45) is 17.6 Å². The van der Waals surface area contributed by atoms with Crippen molar-refractivity contribution in [3.8, 4) is 0 Å². The second kappa shape index (κ2) is 6.82. The molecule has 0 fully saturated rings. The molecule has 0 bridgehead atoms. The molecular formula is C11H24N2O. The molecule has 1 amide bonds. The lowest BCUT2D eigenvalue weighted by atomic mass is 9.94. The molecule has 1 atom stereocenters. The average Bonchev–Trinajstić information content (AvgIpc) is 2.14. The summed E-state index contributed by atoms with van der Waals surface area (Å²) >= 11 is 0. The van der Waals surface area contributed by atoms with Gasteiger partial charge in [-0.3, -0.25) is 4.79 Å². The fourth-order valence-electron chi connectivity index (χ4n) is 1.51. The Balaban J connectivity index is 3.98. The Hall–Kier alpha value is -0.570. The number of rotatable bonds is 6. The summed E-state index contributed by atoms with van der Waals surface area (Å²) in [4.78, 5) is 13.3. The summed E-state index contributed by atoms with van der Waals surface area (Å²) in [5, 5.41) is 0. The van der Waals surface area contributed by atoms with Gasteiger partial charge in [-0.2, -0.15) is 0 Å². The molecule has 84 valence electrons. The van der Waals surface area contributed by atoms with Crippen LogP contribution < -0.4 is 5.73 Å². The van der Waals surface area contributed by atoms with Gasteiger partial charge in [0, 0.05) is 20.0 Å². The Morgan fingerprint density at radius 1 is 1.43 bits per heavy atom. The highest BCUT2D eigenvalue weighted by Gasteiger charge is 2.15. The molecule has 3 nitrogen and oxygen atoms in total. The van der Waals surface area contributed by atoms with E-state index in [1.54, 1.807) is 4.90 Å². The first-order chi connectivity index (χ1) is 6.51. The van der Waals surface area contributed by atoms with Gasteiger partial charge in [0.2, 0.25) is 5.91 Å². The van der Waals surface area contributed by atoms with E-state index in [0.717, 1.165) is 13.0 Å². The van der Waals surface area contributed by atoms with Crippen LogP contribution in [0.2, 0.25) is 0 Å². The van der Waals surface area contributed by atoms with Gasteiger partial charge in [0.05, 0.1) is 0 Å². The maximum Gasteiger partial charge on any atom is 0.222 e. The molecule has 14 heavy (non-hydrogen) atoms. The van der Waals surface area contributed by atoms with Crippen LogP contribution in [0.25, 0.3) is 0 Å². The van der Waals surface area contributed by atoms with Crippen molar-refractivity contribution in [2.45, 2.75) is 33.6 Å². The summed E-state index contributed by atoms with van der Waals surface area (Å²) in [5.41, 5.74) is 5.64. The predicted molar refractivity (Wildman–Crippen MR) is 59.9 cm³/mol. The lowest BCUT2D eigenvalue weighted by molar-refractivity contribution is -0.130. The zero-order valence-corrected chi connectivity index (χ0v) is 9.92. The molecule has 0 heterocycles. The summed E-state index contributed by atoms with van der Waals surface area (Å²) in [6, 6.07) is 0. The maximum absolute atomic E-state index is 11.6. The van der Waals surface area contributed by atoms with Crippen molar-refractivity contribution in [3.63, 3.8) is 0 Å². The topological polar surface area (TPSA) is 46.3 Å². The van der Waals surface area contributed by atoms with E-state index in [-0.39, 0.29) is 5.91 Å². The van der Waals surface area contributed by atoms with Gasteiger partial charge in [-0.1, -0.05) is 13.8 Å². The van der Waals surface area contributed by atoms with Gasteiger partial charge < -0.3 is 10.6 Å². The molecule has 3 heteroatoms. The monoisotopic (exact) mass is 200 g/mol. The summed E-state index contributed by atoms with van der Waals surface area (Å²) in [6.45, 7) is 7.70. The van der Waals surface area contributed by atoms with E-state index in [9.17, 15) is 4.79 Å². The number of nitrogens with zero attached hydrogens (tertiary/aromatic N) is 1.